The molecular weight excluding hydrogens is 246 g/mol. The lowest BCUT2D eigenvalue weighted by molar-refractivity contribution is -0.138. The topological polar surface area (TPSA) is 81.8 Å². The number of benzene rings is 1. The number of fused-ring (bicyclic) bond motifs is 1. The highest BCUT2D eigenvalue weighted by atomic mass is 35.5. The predicted octanol–water partition coefficient (Wildman–Crippen LogP) is 1.50. The van der Waals surface area contributed by atoms with E-state index in [1.165, 1.54) is 6.07 Å². The second-order valence-electron chi connectivity index (χ2n) is 3.74. The molecule has 0 aromatic heterocycles. The molecular formula is C11H12ClNO4. The van der Waals surface area contributed by atoms with Gasteiger partial charge in [-0.25, -0.2) is 0 Å². The highest BCUT2D eigenvalue weighted by Gasteiger charge is 2.25. The second kappa shape index (κ2) is 4.43. The fourth-order valence-corrected chi connectivity index (χ4v) is 2.03. The van der Waals surface area contributed by atoms with E-state index >= 15 is 0 Å². The Morgan fingerprint density at radius 2 is 2.06 bits per heavy atom. The Morgan fingerprint density at radius 1 is 1.47 bits per heavy atom. The predicted molar refractivity (Wildman–Crippen MR) is 61.7 cm³/mol. The average Bonchev–Trinajstić information content (AvgIpc) is 2.33. The van der Waals surface area contributed by atoms with Gasteiger partial charge in [-0.3, -0.25) is 4.79 Å². The van der Waals surface area contributed by atoms with Crippen molar-refractivity contribution < 1.29 is 19.4 Å². The van der Waals surface area contributed by atoms with Crippen LogP contribution in [-0.2, 0) is 4.79 Å². The number of carbonyl (C=O) groups is 1. The first-order valence-electron chi connectivity index (χ1n) is 5.09. The van der Waals surface area contributed by atoms with Crippen molar-refractivity contribution in [2.75, 3.05) is 13.2 Å². The van der Waals surface area contributed by atoms with Crippen LogP contribution in [0.1, 0.15) is 17.2 Å². The fraction of sp³-hybridized carbons (Fsp3) is 0.364. The molecule has 1 atom stereocenters. The average molecular weight is 258 g/mol. The van der Waals surface area contributed by atoms with Gasteiger partial charge in [-0.2, -0.15) is 0 Å². The molecule has 0 saturated carbocycles. The van der Waals surface area contributed by atoms with Crippen molar-refractivity contribution in [3.05, 3.63) is 22.2 Å². The Balaban J connectivity index is 2.56. The van der Waals surface area contributed by atoms with Crippen LogP contribution in [0.4, 0.5) is 0 Å². The molecule has 0 radical (unpaired) electrons. The zero-order valence-electron chi connectivity index (χ0n) is 9.20. The first-order chi connectivity index (χ1) is 8.02. The summed E-state index contributed by atoms with van der Waals surface area (Å²) < 4.78 is 10.8. The van der Waals surface area contributed by atoms with Crippen LogP contribution in [0.3, 0.4) is 0 Å². The summed E-state index contributed by atoms with van der Waals surface area (Å²) in [6, 6.07) is 0.395. The van der Waals surface area contributed by atoms with Crippen LogP contribution >= 0.6 is 11.6 Å². The summed E-state index contributed by atoms with van der Waals surface area (Å²) in [5.74, 6) is -0.173. The number of halogens is 1. The van der Waals surface area contributed by atoms with Crippen molar-refractivity contribution >= 4 is 17.6 Å². The van der Waals surface area contributed by atoms with Gasteiger partial charge in [0.2, 0.25) is 0 Å². The zero-order chi connectivity index (χ0) is 12.6. The lowest BCUT2D eigenvalue weighted by Gasteiger charge is -2.23. The van der Waals surface area contributed by atoms with Gasteiger partial charge in [-0.1, -0.05) is 11.6 Å². The SMILES string of the molecule is Cc1c(C(N)C(=O)O)cc(Cl)c2c1OCCO2. The molecule has 17 heavy (non-hydrogen) atoms. The first kappa shape index (κ1) is 12.0. The molecule has 0 spiro atoms. The molecule has 1 aliphatic rings. The number of carboxylic acid groups (broad SMARTS) is 1. The van der Waals surface area contributed by atoms with Gasteiger partial charge in [-0.05, 0) is 18.6 Å². The van der Waals surface area contributed by atoms with Crippen LogP contribution in [-0.4, -0.2) is 24.3 Å². The van der Waals surface area contributed by atoms with Crippen molar-refractivity contribution in [1.29, 1.82) is 0 Å². The fourth-order valence-electron chi connectivity index (χ4n) is 1.77. The van der Waals surface area contributed by atoms with Crippen LogP contribution in [0.15, 0.2) is 6.07 Å². The lowest BCUT2D eigenvalue weighted by atomic mass is 10.00. The molecule has 1 aliphatic heterocycles. The summed E-state index contributed by atoms with van der Waals surface area (Å²) in [7, 11) is 0. The van der Waals surface area contributed by atoms with Gasteiger partial charge in [0.25, 0.3) is 0 Å². The molecule has 1 heterocycles. The van der Waals surface area contributed by atoms with E-state index in [2.05, 4.69) is 0 Å². The van der Waals surface area contributed by atoms with Gasteiger partial charge in [0.1, 0.15) is 19.3 Å². The molecule has 0 saturated heterocycles. The summed E-state index contributed by atoms with van der Waals surface area (Å²) in [6.45, 7) is 2.58. The molecule has 0 fully saturated rings. The van der Waals surface area contributed by atoms with E-state index < -0.39 is 12.0 Å². The number of rotatable bonds is 2. The molecule has 3 N–H and O–H groups in total. The summed E-state index contributed by atoms with van der Waals surface area (Å²) >= 11 is 6.01. The second-order valence-corrected chi connectivity index (χ2v) is 4.15. The van der Waals surface area contributed by atoms with Crippen molar-refractivity contribution in [3.63, 3.8) is 0 Å². The maximum atomic E-state index is 10.9. The minimum atomic E-state index is -1.12. The number of hydrogen-bond donors (Lipinski definition) is 2. The van der Waals surface area contributed by atoms with Crippen LogP contribution < -0.4 is 15.2 Å². The Morgan fingerprint density at radius 3 is 2.65 bits per heavy atom. The number of hydrogen-bond acceptors (Lipinski definition) is 4. The third-order valence-electron chi connectivity index (χ3n) is 2.66. The van der Waals surface area contributed by atoms with E-state index in [0.717, 1.165) is 0 Å². The Kier molecular flexibility index (Phi) is 3.13. The normalized spacial score (nSPS) is 15.5. The summed E-state index contributed by atoms with van der Waals surface area (Å²) in [5, 5.41) is 9.23. The van der Waals surface area contributed by atoms with Crippen molar-refractivity contribution in [1.82, 2.24) is 0 Å². The molecule has 0 amide bonds. The summed E-state index contributed by atoms with van der Waals surface area (Å²) in [4.78, 5) is 10.9. The highest BCUT2D eigenvalue weighted by molar-refractivity contribution is 6.32. The zero-order valence-corrected chi connectivity index (χ0v) is 9.95. The van der Waals surface area contributed by atoms with Crippen LogP contribution in [0.25, 0.3) is 0 Å². The summed E-state index contributed by atoms with van der Waals surface area (Å²) in [6.07, 6.45) is 0. The van der Waals surface area contributed by atoms with Gasteiger partial charge in [-0.15, -0.1) is 0 Å². The van der Waals surface area contributed by atoms with Crippen molar-refractivity contribution in [2.45, 2.75) is 13.0 Å². The maximum absolute atomic E-state index is 10.9. The highest BCUT2D eigenvalue weighted by Crippen LogP contribution is 2.42. The van der Waals surface area contributed by atoms with Gasteiger partial charge in [0, 0.05) is 5.56 Å². The standard InChI is InChI=1S/C11H12ClNO4/c1-5-6(8(13)11(14)15)4-7(12)10-9(5)16-2-3-17-10/h4,8H,2-3,13H2,1H3,(H,14,15). The molecule has 0 aliphatic carbocycles. The number of ether oxygens (including phenoxy) is 2. The van der Waals surface area contributed by atoms with Gasteiger partial charge >= 0.3 is 5.97 Å². The van der Waals surface area contributed by atoms with Gasteiger partial charge < -0.3 is 20.3 Å². The van der Waals surface area contributed by atoms with Crippen LogP contribution in [0.5, 0.6) is 11.5 Å². The quantitative estimate of drug-likeness (QED) is 0.839. The molecule has 1 aromatic rings. The minimum Gasteiger partial charge on any atom is -0.486 e. The Bertz CT molecular complexity index is 475. The first-order valence-corrected chi connectivity index (χ1v) is 5.47. The molecule has 92 valence electrons. The minimum absolute atomic E-state index is 0.317. The molecule has 2 rings (SSSR count). The summed E-state index contributed by atoms with van der Waals surface area (Å²) in [5.41, 5.74) is 6.67. The van der Waals surface area contributed by atoms with Crippen molar-refractivity contribution in [3.8, 4) is 11.5 Å². The maximum Gasteiger partial charge on any atom is 0.325 e. The van der Waals surface area contributed by atoms with Crippen molar-refractivity contribution in [2.24, 2.45) is 5.73 Å². The smallest absolute Gasteiger partial charge is 0.325 e. The van der Waals surface area contributed by atoms with Gasteiger partial charge in [0.05, 0.1) is 5.02 Å². The molecule has 0 bridgehead atoms. The van der Waals surface area contributed by atoms with E-state index in [0.29, 0.717) is 40.9 Å². The molecule has 1 unspecified atom stereocenters. The molecule has 6 heteroatoms. The third-order valence-corrected chi connectivity index (χ3v) is 2.94. The Hall–Kier alpha value is -1.46. The molecule has 1 aromatic carbocycles. The van der Waals surface area contributed by atoms with E-state index in [4.69, 9.17) is 31.9 Å². The van der Waals surface area contributed by atoms with Crippen LogP contribution in [0.2, 0.25) is 5.02 Å². The third kappa shape index (κ3) is 2.03. The molecule has 5 nitrogen and oxygen atoms in total. The number of nitrogens with two attached hydrogens (primary N) is 1. The number of carboxylic acids is 1. The van der Waals surface area contributed by atoms with E-state index in [1.54, 1.807) is 6.92 Å². The van der Waals surface area contributed by atoms with E-state index in [9.17, 15) is 4.79 Å². The monoisotopic (exact) mass is 257 g/mol. The van der Waals surface area contributed by atoms with Crippen LogP contribution in [0, 0.1) is 6.92 Å². The largest absolute Gasteiger partial charge is 0.486 e. The van der Waals surface area contributed by atoms with Gasteiger partial charge in [0.15, 0.2) is 11.5 Å². The Labute approximate surface area is 103 Å². The van der Waals surface area contributed by atoms with E-state index in [1.807, 2.05) is 0 Å². The van der Waals surface area contributed by atoms with E-state index in [-0.39, 0.29) is 0 Å². The number of aliphatic carboxylic acids is 1. The lowest BCUT2D eigenvalue weighted by Crippen LogP contribution is -2.23.